The summed E-state index contributed by atoms with van der Waals surface area (Å²) < 4.78 is 10.2. The van der Waals surface area contributed by atoms with Crippen molar-refractivity contribution < 1.29 is 23.8 Å². The van der Waals surface area contributed by atoms with Crippen LogP contribution in [0.15, 0.2) is 58.5 Å². The van der Waals surface area contributed by atoms with E-state index in [4.69, 9.17) is 9.15 Å². The lowest BCUT2D eigenvalue weighted by atomic mass is 9.71. The van der Waals surface area contributed by atoms with Crippen molar-refractivity contribution in [1.29, 1.82) is 0 Å². The van der Waals surface area contributed by atoms with E-state index in [9.17, 15) is 14.7 Å². The van der Waals surface area contributed by atoms with Crippen LogP contribution in [0.3, 0.4) is 0 Å². The molecule has 0 radical (unpaired) electrons. The number of carbonyl (C=O) groups excluding carboxylic acids is 1. The molecule has 1 heterocycles. The Balaban J connectivity index is 2.21. The summed E-state index contributed by atoms with van der Waals surface area (Å²) in [5.74, 6) is -1.08. The standard InChI is InChI=1S/C22H28O5/c1-16-7-8-19(15-27-17(2)23)20(21(24)25)6-4-5-11-22(16,3)12-9-18-10-13-26-14-18/h4-6,10-11,13-14,16H,7-9,12,15H2,1-3H3,(H,24,25)/t16-,22+/m1/s1. The van der Waals surface area contributed by atoms with Crippen LogP contribution in [0.5, 0.6) is 0 Å². The molecular formula is C22H28O5. The highest BCUT2D eigenvalue weighted by atomic mass is 16.5. The topological polar surface area (TPSA) is 76.7 Å². The van der Waals surface area contributed by atoms with Crippen molar-refractivity contribution in [3.8, 4) is 0 Å². The minimum absolute atomic E-state index is 0.0173. The molecule has 0 saturated heterocycles. The molecule has 5 heteroatoms. The van der Waals surface area contributed by atoms with Crippen LogP contribution in [0.4, 0.5) is 0 Å². The lowest BCUT2D eigenvalue weighted by Crippen LogP contribution is -2.25. The fourth-order valence-electron chi connectivity index (χ4n) is 3.30. The summed E-state index contributed by atoms with van der Waals surface area (Å²) in [6.45, 7) is 5.77. The molecule has 0 unspecified atom stereocenters. The number of ether oxygens (including phenoxy) is 1. The maximum atomic E-state index is 11.6. The zero-order valence-corrected chi connectivity index (χ0v) is 16.2. The first kappa shape index (κ1) is 20.7. The molecule has 0 aliphatic heterocycles. The van der Waals surface area contributed by atoms with Gasteiger partial charge in [-0.1, -0.05) is 32.1 Å². The smallest absolute Gasteiger partial charge is 0.335 e. The Hall–Kier alpha value is -2.56. The summed E-state index contributed by atoms with van der Waals surface area (Å²) in [5.41, 5.74) is 1.99. The van der Waals surface area contributed by atoms with E-state index in [2.05, 4.69) is 19.9 Å². The Kier molecular flexibility index (Phi) is 7.22. The Morgan fingerprint density at radius 3 is 2.78 bits per heavy atom. The van der Waals surface area contributed by atoms with E-state index in [1.54, 1.807) is 24.7 Å². The minimum atomic E-state index is -1.00. The molecule has 146 valence electrons. The normalized spacial score (nSPS) is 23.3. The maximum absolute atomic E-state index is 11.6. The van der Waals surface area contributed by atoms with E-state index >= 15 is 0 Å². The Labute approximate surface area is 160 Å². The largest absolute Gasteiger partial charge is 0.478 e. The molecule has 1 N–H and O–H groups in total. The zero-order chi connectivity index (χ0) is 19.9. The average molecular weight is 372 g/mol. The van der Waals surface area contributed by atoms with E-state index in [-0.39, 0.29) is 17.6 Å². The second-order valence-electron chi connectivity index (χ2n) is 7.40. The molecule has 1 aliphatic carbocycles. The van der Waals surface area contributed by atoms with Crippen LogP contribution in [0.2, 0.25) is 0 Å². The highest BCUT2D eigenvalue weighted by molar-refractivity contribution is 5.91. The Bertz CT molecular complexity index is 739. The van der Waals surface area contributed by atoms with Gasteiger partial charge < -0.3 is 14.3 Å². The number of carboxylic acid groups (broad SMARTS) is 1. The number of rotatable bonds is 6. The fourth-order valence-corrected chi connectivity index (χ4v) is 3.30. The molecule has 1 aromatic heterocycles. The number of furan rings is 1. The van der Waals surface area contributed by atoms with Crippen molar-refractivity contribution in [2.24, 2.45) is 11.3 Å². The number of allylic oxidation sites excluding steroid dienone is 3. The van der Waals surface area contributed by atoms with Crippen LogP contribution in [-0.2, 0) is 20.7 Å². The average Bonchev–Trinajstić information content (AvgIpc) is 3.13. The van der Waals surface area contributed by atoms with Gasteiger partial charge in [0.1, 0.15) is 6.61 Å². The fraction of sp³-hybridized carbons (Fsp3) is 0.455. The third-order valence-electron chi connectivity index (χ3n) is 5.45. The summed E-state index contributed by atoms with van der Waals surface area (Å²) >= 11 is 0. The van der Waals surface area contributed by atoms with Gasteiger partial charge in [0, 0.05) is 6.92 Å². The van der Waals surface area contributed by atoms with Gasteiger partial charge in [-0.2, -0.15) is 0 Å². The second-order valence-corrected chi connectivity index (χ2v) is 7.40. The first-order chi connectivity index (χ1) is 12.8. The molecule has 0 fully saturated rings. The highest BCUT2D eigenvalue weighted by Gasteiger charge is 2.29. The van der Waals surface area contributed by atoms with Crippen molar-refractivity contribution in [2.75, 3.05) is 6.61 Å². The predicted molar refractivity (Wildman–Crippen MR) is 103 cm³/mol. The summed E-state index contributed by atoms with van der Waals surface area (Å²) in [5, 5.41) is 9.53. The van der Waals surface area contributed by atoms with Crippen molar-refractivity contribution in [3.63, 3.8) is 0 Å². The van der Waals surface area contributed by atoms with Gasteiger partial charge in [0.05, 0.1) is 18.1 Å². The quantitative estimate of drug-likeness (QED) is 0.732. The number of hydrogen-bond donors (Lipinski definition) is 1. The van der Waals surface area contributed by atoms with Crippen LogP contribution < -0.4 is 0 Å². The van der Waals surface area contributed by atoms with Crippen LogP contribution in [-0.4, -0.2) is 23.7 Å². The van der Waals surface area contributed by atoms with Crippen molar-refractivity contribution >= 4 is 11.9 Å². The first-order valence-corrected chi connectivity index (χ1v) is 9.27. The molecule has 2 rings (SSSR count). The van der Waals surface area contributed by atoms with Gasteiger partial charge in [0.15, 0.2) is 0 Å². The van der Waals surface area contributed by atoms with Gasteiger partial charge >= 0.3 is 11.9 Å². The lowest BCUT2D eigenvalue weighted by molar-refractivity contribution is -0.140. The Morgan fingerprint density at radius 2 is 2.15 bits per heavy atom. The summed E-state index contributed by atoms with van der Waals surface area (Å²) in [7, 11) is 0. The summed E-state index contributed by atoms with van der Waals surface area (Å²) in [4.78, 5) is 22.8. The van der Waals surface area contributed by atoms with Gasteiger partial charge in [-0.25, -0.2) is 4.79 Å². The van der Waals surface area contributed by atoms with E-state index in [1.165, 1.54) is 12.5 Å². The highest BCUT2D eigenvalue weighted by Crippen LogP contribution is 2.38. The third-order valence-corrected chi connectivity index (χ3v) is 5.45. The number of aliphatic carboxylic acids is 1. The molecule has 27 heavy (non-hydrogen) atoms. The van der Waals surface area contributed by atoms with E-state index < -0.39 is 11.9 Å². The van der Waals surface area contributed by atoms with Crippen LogP contribution in [0, 0.1) is 11.3 Å². The summed E-state index contributed by atoms with van der Waals surface area (Å²) in [6.07, 6.45) is 14.2. The Morgan fingerprint density at radius 1 is 1.37 bits per heavy atom. The number of carbonyl (C=O) groups is 2. The van der Waals surface area contributed by atoms with Crippen LogP contribution in [0.25, 0.3) is 0 Å². The molecule has 0 aromatic carbocycles. The monoisotopic (exact) mass is 372 g/mol. The van der Waals surface area contributed by atoms with Crippen LogP contribution >= 0.6 is 0 Å². The predicted octanol–water partition coefficient (Wildman–Crippen LogP) is 4.71. The number of carboxylic acids is 1. The van der Waals surface area contributed by atoms with Crippen molar-refractivity contribution in [1.82, 2.24) is 0 Å². The molecule has 0 amide bonds. The third kappa shape index (κ3) is 5.98. The molecule has 0 spiro atoms. The molecular weight excluding hydrogens is 344 g/mol. The first-order valence-electron chi connectivity index (χ1n) is 9.27. The number of hydrogen-bond acceptors (Lipinski definition) is 4. The van der Waals surface area contributed by atoms with Gasteiger partial charge in [-0.3, -0.25) is 4.79 Å². The molecule has 0 saturated carbocycles. The molecule has 1 aliphatic rings. The van der Waals surface area contributed by atoms with E-state index in [1.807, 2.05) is 12.1 Å². The van der Waals surface area contributed by atoms with Gasteiger partial charge in [0.25, 0.3) is 0 Å². The zero-order valence-electron chi connectivity index (χ0n) is 16.2. The van der Waals surface area contributed by atoms with E-state index in [0.29, 0.717) is 17.9 Å². The molecule has 2 atom stereocenters. The van der Waals surface area contributed by atoms with Gasteiger partial charge in [-0.05, 0) is 60.3 Å². The molecule has 0 bridgehead atoms. The van der Waals surface area contributed by atoms with Crippen molar-refractivity contribution in [2.45, 2.75) is 46.5 Å². The maximum Gasteiger partial charge on any atom is 0.335 e. The SMILES string of the molecule is CC(=O)OCC1=C(C(=O)O)C=CC=C[C@@](C)(CCc2ccoc2)[C@H](C)CC1. The number of aryl methyl sites for hydroxylation is 1. The summed E-state index contributed by atoms with van der Waals surface area (Å²) in [6, 6.07) is 1.98. The lowest BCUT2D eigenvalue weighted by Gasteiger charge is -2.34. The second kappa shape index (κ2) is 9.40. The van der Waals surface area contributed by atoms with Gasteiger partial charge in [0.2, 0.25) is 0 Å². The number of esters is 1. The van der Waals surface area contributed by atoms with E-state index in [0.717, 1.165) is 19.3 Å². The molecule has 1 aromatic rings. The van der Waals surface area contributed by atoms with Gasteiger partial charge in [-0.15, -0.1) is 0 Å². The van der Waals surface area contributed by atoms with Crippen molar-refractivity contribution in [3.05, 3.63) is 59.6 Å². The molecule has 5 nitrogen and oxygen atoms in total. The minimum Gasteiger partial charge on any atom is -0.478 e. The van der Waals surface area contributed by atoms with Crippen LogP contribution in [0.1, 0.15) is 45.6 Å².